The first kappa shape index (κ1) is 20.3. The summed E-state index contributed by atoms with van der Waals surface area (Å²) in [6.07, 6.45) is 6.31. The third kappa shape index (κ3) is 11.0. The van der Waals surface area contributed by atoms with E-state index in [4.69, 9.17) is 5.11 Å². The van der Waals surface area contributed by atoms with Crippen LogP contribution in [0.5, 0.6) is 0 Å². The molecule has 0 amide bonds. The Morgan fingerprint density at radius 2 is 1.79 bits per heavy atom. The van der Waals surface area contributed by atoms with E-state index >= 15 is 0 Å². The van der Waals surface area contributed by atoms with E-state index in [0.717, 1.165) is 19.3 Å². The van der Waals surface area contributed by atoms with E-state index in [-0.39, 0.29) is 50.0 Å². The van der Waals surface area contributed by atoms with Crippen molar-refractivity contribution in [1.82, 2.24) is 0 Å². The predicted octanol–water partition coefficient (Wildman–Crippen LogP) is 2.15. The summed E-state index contributed by atoms with van der Waals surface area (Å²) in [7, 11) is 0. The van der Waals surface area contributed by atoms with Gasteiger partial charge < -0.3 is 5.11 Å². The van der Waals surface area contributed by atoms with Crippen molar-refractivity contribution < 1.29 is 26.7 Å². The fraction of sp³-hybridized carbons (Fsp3) is 0.900. The molecule has 0 aliphatic rings. The molecule has 0 aliphatic carbocycles. The molecule has 0 aliphatic heterocycles. The van der Waals surface area contributed by atoms with Crippen LogP contribution < -0.4 is 0 Å². The summed E-state index contributed by atoms with van der Waals surface area (Å²) < 4.78 is 0. The fourth-order valence-electron chi connectivity index (χ4n) is 1.32. The summed E-state index contributed by atoms with van der Waals surface area (Å²) in [5.41, 5.74) is 0. The van der Waals surface area contributed by atoms with Crippen LogP contribution in [0.25, 0.3) is 0 Å². The SMILES string of the molecule is CCCCCCC(CC)C(=O)O.[Co].[PbH2]. The van der Waals surface area contributed by atoms with Crippen molar-refractivity contribution in [3.8, 4) is 0 Å². The molecule has 0 saturated carbocycles. The molecule has 4 heteroatoms. The molecule has 0 aromatic rings. The van der Waals surface area contributed by atoms with E-state index in [1.54, 1.807) is 0 Å². The van der Waals surface area contributed by atoms with Gasteiger partial charge in [0.2, 0.25) is 0 Å². The second-order valence-electron chi connectivity index (χ2n) is 3.29. The van der Waals surface area contributed by atoms with Crippen LogP contribution in [0.1, 0.15) is 52.4 Å². The molecule has 0 bridgehead atoms. The quantitative estimate of drug-likeness (QED) is 0.487. The molecule has 0 fully saturated rings. The number of carbonyl (C=O) groups is 1. The molecule has 3 radical (unpaired) electrons. The molecule has 0 spiro atoms. The van der Waals surface area contributed by atoms with Crippen LogP contribution in [0.2, 0.25) is 0 Å². The number of unbranched alkanes of at least 4 members (excludes halogenated alkanes) is 3. The van der Waals surface area contributed by atoms with Crippen molar-refractivity contribution >= 4 is 33.3 Å². The van der Waals surface area contributed by atoms with E-state index in [0.29, 0.717) is 0 Å². The monoisotopic (exact) mass is 441 g/mol. The van der Waals surface area contributed by atoms with Gasteiger partial charge in [-0.15, -0.1) is 0 Å². The standard InChI is InChI=1S/C10H20O2.Co.Pb.2H/c1-3-5-6-7-8-9(4-2)10(11)12;;;;/h9H,3-8H2,1-2H3,(H,11,12);;;;. The molecule has 1 atom stereocenters. The normalized spacial score (nSPS) is 11.0. The summed E-state index contributed by atoms with van der Waals surface area (Å²) in [6.45, 7) is 4.10. The van der Waals surface area contributed by atoms with Crippen molar-refractivity contribution in [2.24, 2.45) is 5.92 Å². The van der Waals surface area contributed by atoms with E-state index < -0.39 is 5.97 Å². The van der Waals surface area contributed by atoms with Crippen LogP contribution in [0.15, 0.2) is 0 Å². The molecule has 0 saturated heterocycles. The van der Waals surface area contributed by atoms with Gasteiger partial charge in [-0.1, -0.05) is 39.5 Å². The maximum absolute atomic E-state index is 10.6. The third-order valence-corrected chi connectivity index (χ3v) is 2.25. The Morgan fingerprint density at radius 3 is 2.14 bits per heavy atom. The van der Waals surface area contributed by atoms with Crippen molar-refractivity contribution in [3.63, 3.8) is 0 Å². The summed E-state index contributed by atoms with van der Waals surface area (Å²) >= 11 is 0. The molecular weight excluding hydrogens is 418 g/mol. The van der Waals surface area contributed by atoms with Gasteiger partial charge in [-0.05, 0) is 12.8 Å². The number of rotatable bonds is 7. The second kappa shape index (κ2) is 13.9. The fourth-order valence-corrected chi connectivity index (χ4v) is 1.32. The van der Waals surface area contributed by atoms with Gasteiger partial charge in [0.1, 0.15) is 0 Å². The van der Waals surface area contributed by atoms with Gasteiger partial charge in [-0.25, -0.2) is 0 Å². The van der Waals surface area contributed by atoms with E-state index in [1.807, 2.05) is 6.92 Å². The minimum atomic E-state index is -0.631. The number of hydrogen-bond donors (Lipinski definition) is 1. The Balaban J connectivity index is -0.000000605. The zero-order chi connectivity index (χ0) is 9.40. The van der Waals surface area contributed by atoms with Crippen molar-refractivity contribution in [2.75, 3.05) is 0 Å². The number of aliphatic carboxylic acids is 1. The predicted molar refractivity (Wildman–Crippen MR) is 58.7 cm³/mol. The van der Waals surface area contributed by atoms with Gasteiger partial charge in [-0.2, -0.15) is 0 Å². The van der Waals surface area contributed by atoms with Gasteiger partial charge in [0.15, 0.2) is 0 Å². The van der Waals surface area contributed by atoms with Gasteiger partial charge >= 0.3 is 33.3 Å². The van der Waals surface area contributed by atoms with Crippen molar-refractivity contribution in [3.05, 3.63) is 0 Å². The zero-order valence-corrected chi connectivity index (χ0v) is 15.8. The van der Waals surface area contributed by atoms with Gasteiger partial charge in [0.05, 0.1) is 5.92 Å². The van der Waals surface area contributed by atoms with Crippen LogP contribution >= 0.6 is 0 Å². The van der Waals surface area contributed by atoms with Crippen LogP contribution in [0.4, 0.5) is 0 Å². The Labute approximate surface area is 118 Å². The first-order chi connectivity index (χ1) is 5.72. The topological polar surface area (TPSA) is 37.3 Å². The van der Waals surface area contributed by atoms with Crippen LogP contribution in [-0.4, -0.2) is 38.4 Å². The Kier molecular flexibility index (Phi) is 20.2. The second-order valence-corrected chi connectivity index (χ2v) is 3.29. The van der Waals surface area contributed by atoms with Gasteiger partial charge in [0.25, 0.3) is 0 Å². The van der Waals surface area contributed by atoms with Crippen molar-refractivity contribution in [1.29, 1.82) is 0 Å². The average Bonchev–Trinajstić information content (AvgIpc) is 2.04. The molecule has 0 rings (SSSR count). The summed E-state index contributed by atoms with van der Waals surface area (Å²) in [5.74, 6) is -0.740. The maximum atomic E-state index is 10.6. The Hall–Kier alpha value is 0.899. The number of hydrogen-bond acceptors (Lipinski definition) is 1. The van der Waals surface area contributed by atoms with E-state index in [9.17, 15) is 4.79 Å². The first-order valence-corrected chi connectivity index (χ1v) is 4.95. The Bertz CT molecular complexity index is 131. The molecule has 14 heavy (non-hydrogen) atoms. The molecule has 0 heterocycles. The number of carboxylic acid groups (broad SMARTS) is 1. The molecule has 0 aromatic carbocycles. The zero-order valence-electron chi connectivity index (χ0n) is 9.22. The summed E-state index contributed by atoms with van der Waals surface area (Å²) in [6, 6.07) is 0. The van der Waals surface area contributed by atoms with Gasteiger partial charge in [-0.3, -0.25) is 4.79 Å². The first-order valence-electron chi connectivity index (χ1n) is 4.95. The van der Waals surface area contributed by atoms with Crippen LogP contribution in [0.3, 0.4) is 0 Å². The summed E-state index contributed by atoms with van der Waals surface area (Å²) in [5, 5.41) is 8.73. The molecule has 87 valence electrons. The van der Waals surface area contributed by atoms with Crippen LogP contribution in [-0.2, 0) is 21.6 Å². The van der Waals surface area contributed by atoms with Crippen LogP contribution in [0, 0.1) is 5.92 Å². The van der Waals surface area contributed by atoms with E-state index in [2.05, 4.69) is 6.92 Å². The molecule has 2 nitrogen and oxygen atoms in total. The molecular formula is C10H22CoO2Pb. The molecule has 1 unspecified atom stereocenters. The minimum absolute atomic E-state index is 0. The molecule has 0 aromatic heterocycles. The van der Waals surface area contributed by atoms with Gasteiger partial charge in [0, 0.05) is 16.8 Å². The molecule has 1 N–H and O–H groups in total. The van der Waals surface area contributed by atoms with Crippen molar-refractivity contribution in [2.45, 2.75) is 52.4 Å². The number of carboxylic acids is 1. The van der Waals surface area contributed by atoms with E-state index in [1.165, 1.54) is 19.3 Å². The summed E-state index contributed by atoms with van der Waals surface area (Å²) in [4.78, 5) is 10.6. The Morgan fingerprint density at radius 1 is 1.21 bits per heavy atom. The average molecular weight is 440 g/mol. The third-order valence-electron chi connectivity index (χ3n) is 2.25.